The number of carbonyl (C=O) groups is 4. The van der Waals surface area contributed by atoms with Gasteiger partial charge in [0, 0.05) is 13.0 Å². The number of ether oxygens (including phenoxy) is 1. The van der Waals surface area contributed by atoms with Crippen LogP contribution in [0.4, 0.5) is 5.69 Å². The zero-order valence-corrected chi connectivity index (χ0v) is 24.1. The number of aryl methyl sites for hydroxylation is 1. The molecule has 6 N–H and O–H groups in total. The average molecular weight is 609 g/mol. The fraction of sp³-hybridized carbons (Fsp3) is 0.258. The Morgan fingerprint density at radius 1 is 0.930 bits per heavy atom. The largest absolute Gasteiger partial charge is 0.480 e. The van der Waals surface area contributed by atoms with Gasteiger partial charge in [0.05, 0.1) is 16.8 Å². The normalized spacial score (nSPS) is 13.5. The smallest absolute Gasteiger partial charge is 0.343 e. The molecule has 12 heteroatoms. The molecule has 0 aliphatic heterocycles. The lowest BCUT2D eigenvalue weighted by atomic mass is 9.80. The number of nitrogens with two attached hydrogens (primary N) is 2. The second-order valence-electron chi connectivity index (χ2n) is 10.1. The van der Waals surface area contributed by atoms with E-state index in [1.807, 2.05) is 12.1 Å². The van der Waals surface area contributed by atoms with Gasteiger partial charge in [-0.1, -0.05) is 18.2 Å². The summed E-state index contributed by atoms with van der Waals surface area (Å²) in [4.78, 5) is 53.8. The van der Waals surface area contributed by atoms with Gasteiger partial charge in [0.1, 0.15) is 12.3 Å². The molecule has 0 heterocycles. The van der Waals surface area contributed by atoms with Gasteiger partial charge in [-0.3, -0.25) is 9.59 Å². The van der Waals surface area contributed by atoms with E-state index >= 15 is 0 Å². The minimum atomic E-state index is -1.11. The molecule has 0 fully saturated rings. The minimum absolute atomic E-state index is 0. The second-order valence-corrected chi connectivity index (χ2v) is 10.1. The Morgan fingerprint density at radius 2 is 1.60 bits per heavy atom. The van der Waals surface area contributed by atoms with E-state index in [9.17, 15) is 24.3 Å². The summed E-state index contributed by atoms with van der Waals surface area (Å²) in [5.41, 5.74) is 14.5. The van der Waals surface area contributed by atoms with E-state index in [1.165, 1.54) is 17.0 Å². The number of aromatic carboxylic acids is 1. The van der Waals surface area contributed by atoms with Crippen LogP contribution >= 0.6 is 12.4 Å². The molecule has 3 aromatic carbocycles. The maximum absolute atomic E-state index is 13.3. The summed E-state index contributed by atoms with van der Waals surface area (Å²) < 4.78 is 5.58. The molecule has 1 aliphatic carbocycles. The van der Waals surface area contributed by atoms with Crippen molar-refractivity contribution in [1.82, 2.24) is 4.90 Å². The number of carbonyl (C=O) groups excluding carboxylic acids is 2. The molecule has 0 aromatic heterocycles. The summed E-state index contributed by atoms with van der Waals surface area (Å²) in [6.07, 6.45) is 2.93. The average Bonchev–Trinajstić information content (AvgIpc) is 2.95. The molecular formula is C31H33ClN4O7. The van der Waals surface area contributed by atoms with E-state index < -0.39 is 24.5 Å². The van der Waals surface area contributed by atoms with E-state index in [-0.39, 0.29) is 48.7 Å². The first-order valence-electron chi connectivity index (χ1n) is 13.5. The van der Waals surface area contributed by atoms with Crippen molar-refractivity contribution in [2.45, 2.75) is 38.0 Å². The van der Waals surface area contributed by atoms with Crippen LogP contribution in [0.5, 0.6) is 5.75 Å². The van der Waals surface area contributed by atoms with Crippen LogP contribution in [0.15, 0.2) is 71.7 Å². The lowest BCUT2D eigenvalue weighted by Crippen LogP contribution is -2.38. The molecule has 226 valence electrons. The highest BCUT2D eigenvalue weighted by atomic mass is 35.5. The number of hydrogen-bond donors (Lipinski definition) is 4. The molecule has 0 saturated carbocycles. The van der Waals surface area contributed by atoms with Gasteiger partial charge in [0.25, 0.3) is 0 Å². The summed E-state index contributed by atoms with van der Waals surface area (Å²) in [6.45, 7) is -0.230. The summed E-state index contributed by atoms with van der Waals surface area (Å²) in [5.74, 6) is -2.73. The molecule has 1 atom stereocenters. The van der Waals surface area contributed by atoms with Gasteiger partial charge in [0.2, 0.25) is 5.91 Å². The highest BCUT2D eigenvalue weighted by Gasteiger charge is 2.26. The number of aliphatic carboxylic acids is 1. The van der Waals surface area contributed by atoms with Crippen LogP contribution in [0.2, 0.25) is 0 Å². The van der Waals surface area contributed by atoms with Crippen LogP contribution in [-0.2, 0) is 22.4 Å². The summed E-state index contributed by atoms with van der Waals surface area (Å²) in [6, 6.07) is 18.0. The van der Waals surface area contributed by atoms with E-state index in [4.69, 9.17) is 21.3 Å². The van der Waals surface area contributed by atoms with Crippen molar-refractivity contribution in [1.29, 1.82) is 0 Å². The van der Waals surface area contributed by atoms with Gasteiger partial charge in [-0.25, -0.2) is 14.6 Å². The number of carboxylic acid groups (broad SMARTS) is 2. The van der Waals surface area contributed by atoms with Crippen LogP contribution in [0.3, 0.4) is 0 Å². The number of rotatable bonds is 11. The Labute approximate surface area is 254 Å². The number of aliphatic imine (C=N–C) groups is 1. The predicted octanol–water partition coefficient (Wildman–Crippen LogP) is 3.90. The number of hydrogen-bond acceptors (Lipinski definition) is 6. The fourth-order valence-electron chi connectivity index (χ4n) is 5.03. The van der Waals surface area contributed by atoms with E-state index in [1.54, 1.807) is 42.5 Å². The van der Waals surface area contributed by atoms with E-state index in [0.717, 1.165) is 36.0 Å². The quantitative estimate of drug-likeness (QED) is 0.108. The maximum Gasteiger partial charge on any atom is 0.343 e. The summed E-state index contributed by atoms with van der Waals surface area (Å²) >= 11 is 0. The molecule has 0 bridgehead atoms. The fourth-order valence-corrected chi connectivity index (χ4v) is 5.03. The van der Waals surface area contributed by atoms with Crippen molar-refractivity contribution in [2.75, 3.05) is 13.1 Å². The van der Waals surface area contributed by atoms with Crippen LogP contribution in [-0.4, -0.2) is 58.0 Å². The highest BCUT2D eigenvalue weighted by Crippen LogP contribution is 2.36. The molecule has 0 radical (unpaired) electrons. The van der Waals surface area contributed by atoms with Crippen molar-refractivity contribution in [3.8, 4) is 5.75 Å². The molecule has 0 saturated heterocycles. The lowest BCUT2D eigenvalue weighted by Gasteiger charge is -2.28. The Morgan fingerprint density at radius 3 is 2.23 bits per heavy atom. The number of fused-ring (bicyclic) bond motifs is 1. The molecule has 0 spiro atoms. The number of halogens is 1. The Bertz CT molecular complexity index is 1500. The van der Waals surface area contributed by atoms with Crippen molar-refractivity contribution < 1.29 is 34.1 Å². The predicted molar refractivity (Wildman–Crippen MR) is 162 cm³/mol. The molecule has 1 amide bonds. The molecule has 1 aliphatic rings. The Hall–Kier alpha value is -4.90. The van der Waals surface area contributed by atoms with Gasteiger partial charge in [-0.2, -0.15) is 0 Å². The maximum atomic E-state index is 13.3. The van der Waals surface area contributed by atoms with Crippen molar-refractivity contribution in [2.24, 2.45) is 16.5 Å². The van der Waals surface area contributed by atoms with Gasteiger partial charge in [-0.15, -0.1) is 12.4 Å². The van der Waals surface area contributed by atoms with Crippen molar-refractivity contribution in [3.63, 3.8) is 0 Å². The number of carboxylic acids is 2. The van der Waals surface area contributed by atoms with Crippen LogP contribution < -0.4 is 16.2 Å². The number of guanidine groups is 1. The van der Waals surface area contributed by atoms with Crippen LogP contribution in [0, 0.1) is 0 Å². The van der Waals surface area contributed by atoms with E-state index in [2.05, 4.69) is 4.99 Å². The SMILES string of the molecule is Cl.NC(N)=Nc1ccc(C(=O)Oc2ccc3c(c2)CCCC3CC(=O)N(CCc2ccc(C(=O)O)cc2)CC(=O)O)cc1. The third kappa shape index (κ3) is 9.04. The van der Waals surface area contributed by atoms with Crippen molar-refractivity contribution in [3.05, 3.63) is 94.5 Å². The third-order valence-electron chi connectivity index (χ3n) is 7.10. The zero-order valence-electron chi connectivity index (χ0n) is 23.3. The molecule has 11 nitrogen and oxygen atoms in total. The first-order valence-corrected chi connectivity index (χ1v) is 13.5. The van der Waals surface area contributed by atoms with Gasteiger partial charge >= 0.3 is 17.9 Å². The molecule has 3 aromatic rings. The van der Waals surface area contributed by atoms with E-state index in [0.29, 0.717) is 23.4 Å². The standard InChI is InChI=1S/C31H32N4O7.ClH/c32-31(33)34-24-10-8-21(9-11-24)30(41)42-25-12-13-26-22(16-25)2-1-3-23(26)17-27(36)35(18-28(37)38)15-14-19-4-6-20(7-5-19)29(39)40;/h4-13,16,23H,1-3,14-15,17-18H2,(H,37,38)(H,39,40)(H4,32,33,34);1H. The molecule has 1 unspecified atom stereocenters. The Balaban J connectivity index is 0.00000506. The Kier molecular flexibility index (Phi) is 11.2. The topological polar surface area (TPSA) is 186 Å². The van der Waals surface area contributed by atoms with Gasteiger partial charge in [0.15, 0.2) is 5.96 Å². The first-order chi connectivity index (χ1) is 20.1. The number of esters is 1. The zero-order chi connectivity index (χ0) is 30.2. The highest BCUT2D eigenvalue weighted by molar-refractivity contribution is 5.91. The molecular weight excluding hydrogens is 576 g/mol. The molecule has 43 heavy (non-hydrogen) atoms. The van der Waals surface area contributed by atoms with Crippen LogP contribution in [0.25, 0.3) is 0 Å². The number of nitrogens with zero attached hydrogens (tertiary/aromatic N) is 2. The van der Waals surface area contributed by atoms with Crippen molar-refractivity contribution >= 4 is 47.9 Å². The number of amides is 1. The summed E-state index contributed by atoms with van der Waals surface area (Å²) in [5, 5.41) is 18.5. The second kappa shape index (κ2) is 14.8. The third-order valence-corrected chi connectivity index (χ3v) is 7.10. The van der Waals surface area contributed by atoms with Gasteiger partial charge in [-0.05, 0) is 96.8 Å². The minimum Gasteiger partial charge on any atom is -0.480 e. The van der Waals surface area contributed by atoms with Crippen LogP contribution in [0.1, 0.15) is 62.6 Å². The monoisotopic (exact) mass is 608 g/mol. The molecule has 4 rings (SSSR count). The summed E-state index contributed by atoms with van der Waals surface area (Å²) in [7, 11) is 0. The van der Waals surface area contributed by atoms with Gasteiger partial charge < -0.3 is 31.3 Å². The lowest BCUT2D eigenvalue weighted by molar-refractivity contribution is -0.144. The number of benzene rings is 3. The first kappa shape index (κ1) is 32.6.